The number of nitrogens with one attached hydrogen (secondary N) is 1. The van der Waals surface area contributed by atoms with Gasteiger partial charge in [0.25, 0.3) is 11.8 Å². The van der Waals surface area contributed by atoms with Crippen LogP contribution in [0.1, 0.15) is 53.5 Å². The quantitative estimate of drug-likeness (QED) is 0.732. The summed E-state index contributed by atoms with van der Waals surface area (Å²) in [5.74, 6) is -0.510. The molecule has 1 aliphatic rings. The van der Waals surface area contributed by atoms with E-state index in [1.165, 1.54) is 23.2 Å². The van der Waals surface area contributed by atoms with E-state index in [4.69, 9.17) is 0 Å². The Kier molecular flexibility index (Phi) is 6.52. The molecule has 25 heavy (non-hydrogen) atoms. The van der Waals surface area contributed by atoms with Gasteiger partial charge >= 0.3 is 0 Å². The van der Waals surface area contributed by atoms with Gasteiger partial charge in [-0.2, -0.15) is 0 Å². The van der Waals surface area contributed by atoms with E-state index in [-0.39, 0.29) is 35.1 Å². The lowest BCUT2D eigenvalue weighted by atomic mass is 10.1. The maximum Gasteiger partial charge on any atom is 0.269 e. The highest BCUT2D eigenvalue weighted by Crippen LogP contribution is 2.18. The Morgan fingerprint density at radius 3 is 2.76 bits per heavy atom. The second-order valence-electron chi connectivity index (χ2n) is 6.37. The molecule has 2 rings (SSSR count). The third-order valence-corrected chi connectivity index (χ3v) is 6.13. The molecule has 0 aliphatic carbocycles. The van der Waals surface area contributed by atoms with Crippen molar-refractivity contribution in [3.05, 3.63) is 29.6 Å². The van der Waals surface area contributed by atoms with E-state index in [2.05, 4.69) is 17.2 Å². The standard InChI is InChI=1S/C17H25N3O4S/c1-3-4-5-8-19-16(21)15-11-13(6-9-18-15)17(22)20(2)14-7-10-25(23,24)12-14/h6,9,11,14H,3-5,7-8,10,12H2,1-2H3,(H,19,21). The molecule has 0 bridgehead atoms. The summed E-state index contributed by atoms with van der Waals surface area (Å²) in [6.07, 6.45) is 4.89. The van der Waals surface area contributed by atoms with Crippen LogP contribution in [0.15, 0.2) is 18.3 Å². The number of carbonyl (C=O) groups excluding carboxylic acids is 2. The van der Waals surface area contributed by atoms with Gasteiger partial charge in [-0.25, -0.2) is 8.42 Å². The van der Waals surface area contributed by atoms with Gasteiger partial charge in [-0.05, 0) is 25.0 Å². The van der Waals surface area contributed by atoms with Crippen LogP contribution in [0.2, 0.25) is 0 Å². The molecule has 0 radical (unpaired) electrons. The smallest absolute Gasteiger partial charge is 0.269 e. The van der Waals surface area contributed by atoms with Gasteiger partial charge in [-0.1, -0.05) is 19.8 Å². The lowest BCUT2D eigenvalue weighted by molar-refractivity contribution is 0.0747. The van der Waals surface area contributed by atoms with Crippen molar-refractivity contribution in [2.24, 2.45) is 0 Å². The van der Waals surface area contributed by atoms with Crippen molar-refractivity contribution < 1.29 is 18.0 Å². The van der Waals surface area contributed by atoms with Crippen LogP contribution < -0.4 is 5.32 Å². The fourth-order valence-electron chi connectivity index (χ4n) is 2.81. The summed E-state index contributed by atoms with van der Waals surface area (Å²) >= 11 is 0. The van der Waals surface area contributed by atoms with E-state index in [1.54, 1.807) is 7.05 Å². The molecule has 1 aliphatic heterocycles. The molecule has 138 valence electrons. The number of hydrogen-bond donors (Lipinski definition) is 1. The number of aromatic nitrogens is 1. The van der Waals surface area contributed by atoms with Crippen molar-refractivity contribution in [3.63, 3.8) is 0 Å². The SMILES string of the molecule is CCCCCNC(=O)c1cc(C(=O)N(C)C2CCS(=O)(=O)C2)ccn1. The summed E-state index contributed by atoms with van der Waals surface area (Å²) in [6.45, 7) is 2.66. The molecule has 1 aromatic heterocycles. The summed E-state index contributed by atoms with van der Waals surface area (Å²) in [6, 6.07) is 2.67. The average molecular weight is 367 g/mol. The molecule has 1 N–H and O–H groups in total. The maximum atomic E-state index is 12.6. The van der Waals surface area contributed by atoms with Crippen molar-refractivity contribution >= 4 is 21.7 Å². The number of carbonyl (C=O) groups is 2. The first-order valence-corrected chi connectivity index (χ1v) is 10.4. The molecule has 1 unspecified atom stereocenters. The molecule has 0 saturated carbocycles. The van der Waals surface area contributed by atoms with E-state index in [9.17, 15) is 18.0 Å². The van der Waals surface area contributed by atoms with Crippen LogP contribution in [-0.4, -0.2) is 61.3 Å². The first kappa shape index (κ1) is 19.4. The lowest BCUT2D eigenvalue weighted by Gasteiger charge is -2.23. The Balaban J connectivity index is 2.02. The van der Waals surface area contributed by atoms with Gasteiger partial charge in [-0.15, -0.1) is 0 Å². The maximum absolute atomic E-state index is 12.6. The number of nitrogens with zero attached hydrogens (tertiary/aromatic N) is 2. The third kappa shape index (κ3) is 5.26. The number of sulfone groups is 1. The Labute approximate surface area is 148 Å². The molecule has 8 heteroatoms. The van der Waals surface area contributed by atoms with Crippen molar-refractivity contribution in [2.75, 3.05) is 25.1 Å². The summed E-state index contributed by atoms with van der Waals surface area (Å²) in [5, 5.41) is 2.79. The molecule has 0 aromatic carbocycles. The number of pyridine rings is 1. The zero-order chi connectivity index (χ0) is 18.4. The highest BCUT2D eigenvalue weighted by molar-refractivity contribution is 7.91. The molecule has 1 atom stereocenters. The van der Waals surface area contributed by atoms with Crippen molar-refractivity contribution in [1.29, 1.82) is 0 Å². The Morgan fingerprint density at radius 2 is 2.12 bits per heavy atom. The molecule has 1 saturated heterocycles. The van der Waals surface area contributed by atoms with Gasteiger partial charge in [0.05, 0.1) is 11.5 Å². The van der Waals surface area contributed by atoms with Gasteiger partial charge in [0, 0.05) is 31.4 Å². The van der Waals surface area contributed by atoms with Crippen LogP contribution in [-0.2, 0) is 9.84 Å². The van der Waals surface area contributed by atoms with Gasteiger partial charge in [-0.3, -0.25) is 14.6 Å². The van der Waals surface area contributed by atoms with Gasteiger partial charge in [0.2, 0.25) is 0 Å². The monoisotopic (exact) mass is 367 g/mol. The van der Waals surface area contributed by atoms with Crippen LogP contribution in [0, 0.1) is 0 Å². The topological polar surface area (TPSA) is 96.4 Å². The molecule has 2 amide bonds. The fourth-order valence-corrected chi connectivity index (χ4v) is 4.58. The van der Waals surface area contributed by atoms with Gasteiger partial charge in [0.1, 0.15) is 5.69 Å². The van der Waals surface area contributed by atoms with Crippen LogP contribution in [0.4, 0.5) is 0 Å². The molecule has 0 spiro atoms. The highest BCUT2D eigenvalue weighted by Gasteiger charge is 2.33. The molecule has 1 fully saturated rings. The second-order valence-corrected chi connectivity index (χ2v) is 8.59. The number of rotatable bonds is 7. The fraction of sp³-hybridized carbons (Fsp3) is 0.588. The first-order chi connectivity index (χ1) is 11.8. The van der Waals surface area contributed by atoms with Crippen molar-refractivity contribution in [1.82, 2.24) is 15.2 Å². The minimum atomic E-state index is -3.06. The Hall–Kier alpha value is -1.96. The lowest BCUT2D eigenvalue weighted by Crippen LogP contribution is -2.38. The predicted octanol–water partition coefficient (Wildman–Crippen LogP) is 1.26. The highest BCUT2D eigenvalue weighted by atomic mass is 32.2. The number of amides is 2. The molecular weight excluding hydrogens is 342 g/mol. The third-order valence-electron chi connectivity index (χ3n) is 4.38. The van der Waals surface area contributed by atoms with Crippen LogP contribution >= 0.6 is 0 Å². The molecular formula is C17H25N3O4S. The normalized spacial score (nSPS) is 18.7. The largest absolute Gasteiger partial charge is 0.351 e. The minimum absolute atomic E-state index is 0.00883. The van der Waals surface area contributed by atoms with Crippen LogP contribution in [0.3, 0.4) is 0 Å². The average Bonchev–Trinajstić information content (AvgIpc) is 2.97. The number of hydrogen-bond acceptors (Lipinski definition) is 5. The zero-order valence-corrected chi connectivity index (χ0v) is 15.5. The summed E-state index contributed by atoms with van der Waals surface area (Å²) in [4.78, 5) is 30.2. The summed E-state index contributed by atoms with van der Waals surface area (Å²) < 4.78 is 23.2. The Morgan fingerprint density at radius 1 is 1.36 bits per heavy atom. The van der Waals surface area contributed by atoms with E-state index in [1.807, 2.05) is 0 Å². The van der Waals surface area contributed by atoms with E-state index in [0.29, 0.717) is 18.5 Å². The predicted molar refractivity (Wildman–Crippen MR) is 95.2 cm³/mol. The first-order valence-electron chi connectivity index (χ1n) is 8.56. The van der Waals surface area contributed by atoms with E-state index >= 15 is 0 Å². The van der Waals surface area contributed by atoms with E-state index < -0.39 is 9.84 Å². The Bertz CT molecular complexity index is 733. The van der Waals surface area contributed by atoms with Crippen molar-refractivity contribution in [3.8, 4) is 0 Å². The molecule has 7 nitrogen and oxygen atoms in total. The zero-order valence-electron chi connectivity index (χ0n) is 14.7. The minimum Gasteiger partial charge on any atom is -0.351 e. The molecule has 2 heterocycles. The summed E-state index contributed by atoms with van der Waals surface area (Å²) in [5.41, 5.74) is 0.523. The van der Waals surface area contributed by atoms with Gasteiger partial charge in [0.15, 0.2) is 9.84 Å². The molecule has 1 aromatic rings. The second kappa shape index (κ2) is 8.42. The number of unbranched alkanes of at least 4 members (excludes halogenated alkanes) is 2. The van der Waals surface area contributed by atoms with Crippen LogP contribution in [0.25, 0.3) is 0 Å². The van der Waals surface area contributed by atoms with Crippen LogP contribution in [0.5, 0.6) is 0 Å². The summed E-state index contributed by atoms with van der Waals surface area (Å²) in [7, 11) is -1.47. The van der Waals surface area contributed by atoms with Crippen molar-refractivity contribution in [2.45, 2.75) is 38.6 Å². The van der Waals surface area contributed by atoms with Gasteiger partial charge < -0.3 is 10.2 Å². The van der Waals surface area contributed by atoms with E-state index in [0.717, 1.165) is 19.3 Å².